The molecule has 0 radical (unpaired) electrons. The van der Waals surface area contributed by atoms with E-state index in [0.29, 0.717) is 19.8 Å². The summed E-state index contributed by atoms with van der Waals surface area (Å²) in [5.74, 6) is -0.779. The fraction of sp³-hybridized carbons (Fsp3) is 0.486. The molecular formula is C35H44O6. The topological polar surface area (TPSA) is 55.4 Å². The van der Waals surface area contributed by atoms with Gasteiger partial charge in [0, 0.05) is 13.2 Å². The number of hydrogen-bond donors (Lipinski definition) is 0. The van der Waals surface area contributed by atoms with Crippen LogP contribution in [0.5, 0.6) is 0 Å². The Kier molecular flexibility index (Phi) is 11.0. The Bertz CT molecular complexity index is 1130. The number of hydrogen-bond acceptors (Lipinski definition) is 6. The van der Waals surface area contributed by atoms with Crippen LogP contribution in [0.4, 0.5) is 0 Å². The summed E-state index contributed by atoms with van der Waals surface area (Å²) in [6.45, 7) is 6.30. The van der Waals surface area contributed by atoms with Crippen LogP contribution in [-0.4, -0.2) is 43.6 Å². The van der Waals surface area contributed by atoms with Gasteiger partial charge in [-0.2, -0.15) is 0 Å². The van der Waals surface area contributed by atoms with Gasteiger partial charge in [0.15, 0.2) is 12.1 Å². The Morgan fingerprint density at radius 1 is 0.756 bits per heavy atom. The Hall–Kier alpha value is -2.58. The third kappa shape index (κ3) is 8.95. The lowest BCUT2D eigenvalue weighted by Crippen LogP contribution is -2.41. The van der Waals surface area contributed by atoms with Gasteiger partial charge in [-0.3, -0.25) is 0 Å². The molecule has 41 heavy (non-hydrogen) atoms. The van der Waals surface area contributed by atoms with E-state index in [-0.39, 0.29) is 30.7 Å². The van der Waals surface area contributed by atoms with Gasteiger partial charge in [0.2, 0.25) is 0 Å². The molecule has 0 bridgehead atoms. The normalized spacial score (nSPS) is 23.7. The first-order valence-electron chi connectivity index (χ1n) is 15.0. The van der Waals surface area contributed by atoms with Crippen LogP contribution in [0.25, 0.3) is 0 Å². The summed E-state index contributed by atoms with van der Waals surface area (Å²) in [6.07, 6.45) is 3.47. The second-order valence-corrected chi connectivity index (χ2v) is 11.3. The van der Waals surface area contributed by atoms with E-state index in [1.54, 1.807) is 0 Å². The zero-order valence-corrected chi connectivity index (χ0v) is 24.4. The molecule has 2 aliphatic heterocycles. The van der Waals surface area contributed by atoms with Gasteiger partial charge in [-0.15, -0.1) is 0 Å². The summed E-state index contributed by atoms with van der Waals surface area (Å²) < 4.78 is 38.3. The molecule has 2 heterocycles. The highest BCUT2D eigenvalue weighted by Gasteiger charge is 2.49. The van der Waals surface area contributed by atoms with Crippen molar-refractivity contribution in [3.63, 3.8) is 0 Å². The predicted octanol–water partition coefficient (Wildman–Crippen LogP) is 7.37. The number of rotatable bonds is 14. The maximum absolute atomic E-state index is 6.64. The third-order valence-electron chi connectivity index (χ3n) is 7.61. The largest absolute Gasteiger partial charge is 0.371 e. The predicted molar refractivity (Wildman–Crippen MR) is 158 cm³/mol. The first-order valence-corrected chi connectivity index (χ1v) is 15.0. The molecule has 2 aliphatic rings. The van der Waals surface area contributed by atoms with Crippen molar-refractivity contribution in [1.82, 2.24) is 0 Å². The maximum Gasteiger partial charge on any atom is 0.164 e. The first-order chi connectivity index (χ1) is 20.1. The van der Waals surface area contributed by atoms with E-state index in [4.69, 9.17) is 28.4 Å². The molecular weight excluding hydrogens is 516 g/mol. The highest BCUT2D eigenvalue weighted by Crippen LogP contribution is 2.40. The summed E-state index contributed by atoms with van der Waals surface area (Å²) in [5.41, 5.74) is 3.29. The molecule has 5 rings (SSSR count). The Morgan fingerprint density at radius 3 is 2.00 bits per heavy atom. The van der Waals surface area contributed by atoms with Crippen LogP contribution in [0.1, 0.15) is 68.7 Å². The summed E-state index contributed by atoms with van der Waals surface area (Å²) in [4.78, 5) is 0. The fourth-order valence-electron chi connectivity index (χ4n) is 5.58. The molecule has 2 fully saturated rings. The average molecular weight is 561 g/mol. The zero-order valence-electron chi connectivity index (χ0n) is 24.4. The van der Waals surface area contributed by atoms with Crippen LogP contribution in [0.15, 0.2) is 91.0 Å². The molecule has 1 unspecified atom stereocenters. The van der Waals surface area contributed by atoms with E-state index in [1.165, 1.54) is 0 Å². The first kappa shape index (κ1) is 29.9. The van der Waals surface area contributed by atoms with Crippen molar-refractivity contribution in [2.24, 2.45) is 0 Å². The van der Waals surface area contributed by atoms with E-state index < -0.39 is 5.79 Å². The van der Waals surface area contributed by atoms with Gasteiger partial charge in [-0.05, 0) is 62.6 Å². The molecule has 0 spiro atoms. The lowest BCUT2D eigenvalue weighted by molar-refractivity contribution is -0.170. The van der Waals surface area contributed by atoms with Gasteiger partial charge >= 0.3 is 0 Å². The van der Waals surface area contributed by atoms with E-state index in [2.05, 4.69) is 36.4 Å². The highest BCUT2D eigenvalue weighted by atomic mass is 16.8. The molecule has 3 aromatic rings. The SMILES string of the molecule is CC1(C)O[C@@H]([C@@H](OCc2ccccc2)c2ccccc2)[C@@H]([C@@H](CCCOC2CCCCO2)OCc2ccccc2)O1. The van der Waals surface area contributed by atoms with Crippen LogP contribution >= 0.6 is 0 Å². The van der Waals surface area contributed by atoms with Crippen molar-refractivity contribution >= 4 is 0 Å². The molecule has 3 aromatic carbocycles. The van der Waals surface area contributed by atoms with Gasteiger partial charge in [-0.25, -0.2) is 0 Å². The van der Waals surface area contributed by atoms with Gasteiger partial charge < -0.3 is 28.4 Å². The molecule has 6 heteroatoms. The molecule has 5 atom stereocenters. The van der Waals surface area contributed by atoms with Crippen LogP contribution < -0.4 is 0 Å². The third-order valence-corrected chi connectivity index (χ3v) is 7.61. The fourth-order valence-corrected chi connectivity index (χ4v) is 5.58. The van der Waals surface area contributed by atoms with Crippen molar-refractivity contribution < 1.29 is 28.4 Å². The second kappa shape index (κ2) is 15.1. The van der Waals surface area contributed by atoms with Crippen molar-refractivity contribution in [3.05, 3.63) is 108 Å². The van der Waals surface area contributed by atoms with Gasteiger partial charge in [0.25, 0.3) is 0 Å². The standard InChI is InChI=1S/C35H44O6/c1-35(2)40-33(34(41-35)32(29-19-10-5-11-20-29)39-26-28-17-8-4-9-18-28)30(38-25-27-15-6-3-7-16-27)21-14-24-37-31-22-12-13-23-36-31/h3-11,15-20,30-34H,12-14,21-26H2,1-2H3/t30-,31?,32+,33-,34+/m1/s1. The number of ether oxygens (including phenoxy) is 6. The highest BCUT2D eigenvalue weighted by molar-refractivity contribution is 5.21. The van der Waals surface area contributed by atoms with Crippen LogP contribution in [0, 0.1) is 0 Å². The Labute approximate surface area is 244 Å². The van der Waals surface area contributed by atoms with Crippen LogP contribution in [-0.2, 0) is 41.6 Å². The summed E-state index contributed by atoms with van der Waals surface area (Å²) >= 11 is 0. The van der Waals surface area contributed by atoms with Crippen molar-refractivity contribution in [2.75, 3.05) is 13.2 Å². The summed E-state index contributed by atoms with van der Waals surface area (Å²) in [6, 6.07) is 30.8. The molecule has 0 saturated carbocycles. The van der Waals surface area contributed by atoms with Gasteiger partial charge in [-0.1, -0.05) is 91.0 Å². The van der Waals surface area contributed by atoms with Gasteiger partial charge in [0.05, 0.1) is 19.3 Å². The lowest BCUT2D eigenvalue weighted by Gasteiger charge is -2.32. The van der Waals surface area contributed by atoms with E-state index in [0.717, 1.165) is 55.4 Å². The van der Waals surface area contributed by atoms with Crippen molar-refractivity contribution in [2.45, 2.75) is 95.7 Å². The zero-order chi connectivity index (χ0) is 28.3. The van der Waals surface area contributed by atoms with Crippen molar-refractivity contribution in [3.8, 4) is 0 Å². The lowest BCUT2D eigenvalue weighted by atomic mass is 9.95. The summed E-state index contributed by atoms with van der Waals surface area (Å²) in [7, 11) is 0. The smallest absolute Gasteiger partial charge is 0.164 e. The van der Waals surface area contributed by atoms with Crippen LogP contribution in [0.3, 0.4) is 0 Å². The molecule has 0 N–H and O–H groups in total. The molecule has 6 nitrogen and oxygen atoms in total. The Balaban J connectivity index is 1.34. The van der Waals surface area contributed by atoms with Crippen molar-refractivity contribution in [1.29, 1.82) is 0 Å². The molecule has 0 amide bonds. The monoisotopic (exact) mass is 560 g/mol. The molecule has 0 aromatic heterocycles. The Morgan fingerprint density at radius 2 is 1.37 bits per heavy atom. The summed E-state index contributed by atoms with van der Waals surface area (Å²) in [5, 5.41) is 0. The maximum atomic E-state index is 6.64. The minimum atomic E-state index is -0.779. The van der Waals surface area contributed by atoms with E-state index >= 15 is 0 Å². The average Bonchev–Trinajstić information content (AvgIpc) is 3.33. The van der Waals surface area contributed by atoms with Crippen LogP contribution in [0.2, 0.25) is 0 Å². The molecule has 220 valence electrons. The molecule has 2 saturated heterocycles. The minimum Gasteiger partial charge on any atom is -0.371 e. The minimum absolute atomic E-state index is 0.0981. The van der Waals surface area contributed by atoms with E-state index in [1.807, 2.05) is 68.4 Å². The second-order valence-electron chi connectivity index (χ2n) is 11.3. The van der Waals surface area contributed by atoms with Gasteiger partial charge in [0.1, 0.15) is 18.3 Å². The number of benzene rings is 3. The molecule has 0 aliphatic carbocycles. The van der Waals surface area contributed by atoms with E-state index in [9.17, 15) is 0 Å². The quantitative estimate of drug-likeness (QED) is 0.192.